The van der Waals surface area contributed by atoms with Crippen LogP contribution in [0.4, 0.5) is 0 Å². The normalized spacial score (nSPS) is 23.2. The third-order valence-electron chi connectivity index (χ3n) is 19.2. The summed E-state index contributed by atoms with van der Waals surface area (Å²) in [5.74, 6) is -16.7. The van der Waals surface area contributed by atoms with E-state index in [2.05, 4.69) is 84.1 Å². The molecule has 112 heavy (non-hydrogen) atoms. The fraction of sp³-hybridized carbons (Fsp3) is 0.480. The number of aliphatic hydroxyl groups excluding tert-OH is 1. The van der Waals surface area contributed by atoms with E-state index in [0.717, 1.165) is 11.8 Å². The van der Waals surface area contributed by atoms with Crippen LogP contribution in [0.25, 0.3) is 32.7 Å². The highest BCUT2D eigenvalue weighted by Crippen LogP contribution is 2.24. The molecule has 36 nitrogen and oxygen atoms in total. The van der Waals surface area contributed by atoms with E-state index < -0.39 is 198 Å². The highest BCUT2D eigenvalue weighted by atomic mass is 32.2. The van der Waals surface area contributed by atoms with Gasteiger partial charge in [0.25, 0.3) is 0 Å². The molecule has 7 rings (SSSR count). The van der Waals surface area contributed by atoms with E-state index in [4.69, 9.17) is 28.3 Å². The lowest BCUT2D eigenvalue weighted by atomic mass is 9.96. The highest BCUT2D eigenvalue weighted by molar-refractivity contribution is 8.00. The van der Waals surface area contributed by atoms with Gasteiger partial charge in [0.05, 0.1) is 25.3 Å². The quantitative estimate of drug-likeness (QED) is 0.0189. The summed E-state index contributed by atoms with van der Waals surface area (Å²) in [6.07, 6.45) is 4.07. The third kappa shape index (κ3) is 25.5. The summed E-state index contributed by atoms with van der Waals surface area (Å²) in [6, 6.07) is 4.44. The third-order valence-corrected chi connectivity index (χ3v) is 20.2. The van der Waals surface area contributed by atoms with E-state index in [1.54, 1.807) is 133 Å². The van der Waals surface area contributed by atoms with Crippen LogP contribution in [0, 0.1) is 23.2 Å². The molecule has 0 unspecified atom stereocenters. The number of nitrogens with one attached hydrogen (secondary N) is 17. The fourth-order valence-corrected chi connectivity index (χ4v) is 13.6. The van der Waals surface area contributed by atoms with Gasteiger partial charge in [0, 0.05) is 82.9 Å². The van der Waals surface area contributed by atoms with Gasteiger partial charge in [-0.05, 0) is 91.3 Å². The van der Waals surface area contributed by atoms with E-state index in [9.17, 15) is 62.6 Å². The summed E-state index contributed by atoms with van der Waals surface area (Å²) >= 11 is 0.862. The number of guanidine groups is 1. The molecule has 12 atom stereocenters. The first kappa shape index (κ1) is 87.6. The lowest BCUT2D eigenvalue weighted by molar-refractivity contribution is -0.137. The molecule has 0 spiro atoms. The van der Waals surface area contributed by atoms with Crippen molar-refractivity contribution >= 4 is 133 Å². The molecule has 26 N–H and O–H groups in total. The van der Waals surface area contributed by atoms with Gasteiger partial charge in [-0.25, -0.2) is 0 Å². The van der Waals surface area contributed by atoms with E-state index >= 15 is 9.59 Å². The minimum atomic E-state index is -1.87. The number of primary amides is 2. The van der Waals surface area contributed by atoms with Gasteiger partial charge in [-0.1, -0.05) is 103 Å². The summed E-state index contributed by atoms with van der Waals surface area (Å²) in [6.45, 7) is 8.04. The number of H-pyrrole nitrogens is 3. The number of aromatic amines is 3. The zero-order chi connectivity index (χ0) is 81.9. The minimum absolute atomic E-state index is 0.0135. The van der Waals surface area contributed by atoms with Crippen LogP contribution in [-0.2, 0) is 86.4 Å². The Labute approximate surface area is 650 Å². The SMILES string of the molecule is CC[C@H](C)[C@@H]1NC(=O)[C@H](Cc2c[nH]c3ccccc23)NC(=O)CSC[C@@H](C(N)=O)NC(=O)[C@H](C(C)C)NC(=O)[C@H](Cc2c[nH]c3ccccc23)NC(=O)[C@H](CCCCN)NC(=O)[C@H](C(C)C)NC(=O)[C@H](Cc2c[nH]c3ccccc23)NC(=O)[C@H](CC(N)=O)NC(=O)[C@H](CCCNC(=N)N)NC(=O)CNC(=O)[C@H](CO)NC1=O. The number of amides is 14. The van der Waals surface area contributed by atoms with Crippen molar-refractivity contribution in [3.8, 4) is 0 Å². The molecule has 0 radical (unpaired) electrons. The Balaban J connectivity index is 1.26. The van der Waals surface area contributed by atoms with Gasteiger partial charge in [-0.15, -0.1) is 11.8 Å². The Kier molecular flexibility index (Phi) is 33.3. The molecular weight excluding hydrogens is 1470 g/mol. The molecule has 606 valence electrons. The Morgan fingerprint density at radius 3 is 1.35 bits per heavy atom. The second-order valence-electron chi connectivity index (χ2n) is 28.4. The maximum absolute atomic E-state index is 15.1. The topological polar surface area (TPSA) is 591 Å². The van der Waals surface area contributed by atoms with Crippen molar-refractivity contribution in [1.29, 1.82) is 5.41 Å². The van der Waals surface area contributed by atoms with Crippen molar-refractivity contribution in [2.45, 2.75) is 172 Å². The van der Waals surface area contributed by atoms with Gasteiger partial charge in [0.2, 0.25) is 82.7 Å². The average molecular weight is 1570 g/mol. The van der Waals surface area contributed by atoms with Crippen molar-refractivity contribution < 1.29 is 72.2 Å². The van der Waals surface area contributed by atoms with Crippen LogP contribution in [0.5, 0.6) is 0 Å². The molecule has 4 heterocycles. The lowest BCUT2D eigenvalue weighted by Crippen LogP contribution is -2.62. The van der Waals surface area contributed by atoms with E-state index in [1.165, 1.54) is 0 Å². The number of rotatable bonds is 22. The molecule has 0 bridgehead atoms. The maximum atomic E-state index is 15.1. The summed E-state index contributed by atoms with van der Waals surface area (Å²) < 4.78 is 0. The number of para-hydroxylation sites is 3. The van der Waals surface area contributed by atoms with Crippen LogP contribution in [0.3, 0.4) is 0 Å². The summed E-state index contributed by atoms with van der Waals surface area (Å²) in [5.41, 5.74) is 26.7. The first-order chi connectivity index (χ1) is 53.4. The first-order valence-electron chi connectivity index (χ1n) is 37.2. The number of carbonyl (C=O) groups excluding carboxylic acids is 14. The molecule has 3 aromatic heterocycles. The fourth-order valence-electron chi connectivity index (χ4n) is 12.7. The Morgan fingerprint density at radius 1 is 0.491 bits per heavy atom. The van der Waals surface area contributed by atoms with Gasteiger partial charge < -0.3 is 112 Å². The zero-order valence-electron chi connectivity index (χ0n) is 63.4. The van der Waals surface area contributed by atoms with Crippen LogP contribution in [0.1, 0.15) is 103 Å². The number of thioether (sulfide) groups is 1. The van der Waals surface area contributed by atoms with E-state index in [1.807, 2.05) is 0 Å². The Morgan fingerprint density at radius 2 is 0.893 bits per heavy atom. The largest absolute Gasteiger partial charge is 0.394 e. The molecule has 1 fully saturated rings. The number of unbranched alkanes of at least 4 members (excludes halogenated alkanes) is 1. The molecule has 1 saturated heterocycles. The minimum Gasteiger partial charge on any atom is -0.394 e. The predicted octanol–water partition coefficient (Wildman–Crippen LogP) is -2.54. The van der Waals surface area contributed by atoms with Crippen LogP contribution >= 0.6 is 11.8 Å². The van der Waals surface area contributed by atoms with Gasteiger partial charge in [0.1, 0.15) is 66.5 Å². The van der Waals surface area contributed by atoms with Crippen LogP contribution in [0.2, 0.25) is 0 Å². The number of fused-ring (bicyclic) bond motifs is 3. The van der Waals surface area contributed by atoms with Gasteiger partial charge in [-0.3, -0.25) is 72.5 Å². The number of aliphatic hydroxyl groups is 1. The lowest BCUT2D eigenvalue weighted by Gasteiger charge is -2.29. The standard InChI is InChI=1S/C75H105N21O15S/c1-7-40(6)63-74(111)92-56(35-97)65(102)85-34-59(99)86-50(24-16-26-81-75(79)80)66(103)91-55(30-58(77)98)68(105)90-54(29-43-33-84-49-22-13-10-19-46(43)49)71(108)94-61(38(2)3)72(109)88-51(23-14-15-25-76)67(104)89-53(28-42-32-83-48-21-12-9-18-45(42)48)70(107)95-62(39(4)5)73(110)93-57(64(78)101)36-112-37-60(100)87-52(69(106)96-63)27-41-31-82-47-20-11-8-17-44(41)47/h8-13,17-22,31-33,38-40,50-57,61-63,82-84,97H,7,14-16,23-30,34-37,76H2,1-6H3,(H2,77,98)(H2,78,101)(H,85,102)(H,86,99)(H,87,100)(H,88,109)(H,89,104)(H,90,105)(H,91,103)(H,92,111)(H,93,110)(H,94,108)(H,95,107)(H,96,106)(H4,79,80,81)/t40-,50-,51-,52-,53-,54-,55-,56-,57-,61-,62-,63-/m0/s1. The molecule has 0 saturated carbocycles. The molecular formula is C75H105N21O15S. The van der Waals surface area contributed by atoms with Gasteiger partial charge >= 0.3 is 0 Å². The number of nitrogens with two attached hydrogens (primary N) is 4. The van der Waals surface area contributed by atoms with Crippen molar-refractivity contribution in [2.75, 3.05) is 37.7 Å². The molecule has 1 aliphatic rings. The van der Waals surface area contributed by atoms with Crippen molar-refractivity contribution in [3.63, 3.8) is 0 Å². The molecule has 37 heteroatoms. The molecule has 6 aromatic rings. The van der Waals surface area contributed by atoms with Crippen molar-refractivity contribution in [1.82, 2.24) is 84.1 Å². The number of hydrogen-bond donors (Lipinski definition) is 22. The molecule has 3 aromatic carbocycles. The smallest absolute Gasteiger partial charge is 0.245 e. The second kappa shape index (κ2) is 42.5. The first-order valence-corrected chi connectivity index (χ1v) is 38.3. The molecule has 0 aliphatic carbocycles. The predicted molar refractivity (Wildman–Crippen MR) is 419 cm³/mol. The van der Waals surface area contributed by atoms with Crippen LogP contribution in [0.15, 0.2) is 91.4 Å². The van der Waals surface area contributed by atoms with Gasteiger partial charge in [0.15, 0.2) is 5.96 Å². The number of hydrogen-bond acceptors (Lipinski definition) is 18. The second-order valence-corrected chi connectivity index (χ2v) is 29.4. The van der Waals surface area contributed by atoms with Crippen molar-refractivity contribution in [2.24, 2.45) is 40.7 Å². The maximum Gasteiger partial charge on any atom is 0.245 e. The van der Waals surface area contributed by atoms with Crippen LogP contribution in [-0.4, -0.2) is 213 Å². The number of carbonyl (C=O) groups is 14. The monoisotopic (exact) mass is 1570 g/mol. The Bertz CT molecular complexity index is 4350. The summed E-state index contributed by atoms with van der Waals surface area (Å²) in [4.78, 5) is 210. The van der Waals surface area contributed by atoms with Crippen molar-refractivity contribution in [3.05, 3.63) is 108 Å². The number of aromatic nitrogens is 3. The van der Waals surface area contributed by atoms with E-state index in [-0.39, 0.29) is 70.2 Å². The summed E-state index contributed by atoms with van der Waals surface area (Å²) in [7, 11) is 0. The molecule has 14 amide bonds. The number of benzene rings is 3. The average Bonchev–Trinajstić information content (AvgIpc) is 1.64. The van der Waals surface area contributed by atoms with Crippen LogP contribution < -0.4 is 92.1 Å². The zero-order valence-corrected chi connectivity index (χ0v) is 64.3. The summed E-state index contributed by atoms with van der Waals surface area (Å²) in [5, 5.41) is 54.1. The Hall–Kier alpha value is -11.6. The van der Waals surface area contributed by atoms with Gasteiger partial charge in [-0.2, -0.15) is 0 Å². The highest BCUT2D eigenvalue weighted by Gasteiger charge is 2.39. The molecule has 1 aliphatic heterocycles. The van der Waals surface area contributed by atoms with E-state index in [0.29, 0.717) is 55.8 Å².